The molecule has 0 aliphatic carbocycles. The van der Waals surface area contributed by atoms with Crippen LogP contribution in [0, 0.1) is 18.3 Å². The first-order valence-electron chi connectivity index (χ1n) is 5.98. The average Bonchev–Trinajstić information content (AvgIpc) is 2.29. The molecule has 3 N–H and O–H groups in total. The van der Waals surface area contributed by atoms with E-state index in [1.807, 2.05) is 19.1 Å². The zero-order chi connectivity index (χ0) is 14.6. The summed E-state index contributed by atoms with van der Waals surface area (Å²) in [5.41, 5.74) is 6.71. The summed E-state index contributed by atoms with van der Waals surface area (Å²) in [7, 11) is 0. The molecule has 0 aliphatic heterocycles. The van der Waals surface area contributed by atoms with E-state index in [1.54, 1.807) is 24.0 Å². The Bertz CT molecular complexity index is 443. The van der Waals surface area contributed by atoms with Crippen LogP contribution in [0.3, 0.4) is 0 Å². The van der Waals surface area contributed by atoms with E-state index in [4.69, 9.17) is 11.1 Å². The molecule has 3 nitrogen and oxygen atoms in total. The van der Waals surface area contributed by atoms with Crippen LogP contribution in [-0.4, -0.2) is 25.1 Å². The summed E-state index contributed by atoms with van der Waals surface area (Å²) >= 11 is 0. The highest BCUT2D eigenvalue weighted by Gasteiger charge is 2.42. The summed E-state index contributed by atoms with van der Waals surface area (Å²) < 4.78 is 38.5. The predicted molar refractivity (Wildman–Crippen MR) is 70.5 cm³/mol. The number of aryl methyl sites for hydroxylation is 1. The summed E-state index contributed by atoms with van der Waals surface area (Å²) in [6, 6.07) is 7.22. The Kier molecular flexibility index (Phi) is 4.80. The van der Waals surface area contributed by atoms with E-state index in [0.29, 0.717) is 6.54 Å². The molecule has 1 aromatic carbocycles. The van der Waals surface area contributed by atoms with Crippen LogP contribution in [0.15, 0.2) is 24.3 Å². The molecule has 1 atom stereocenters. The number of hydrogen-bond donors (Lipinski definition) is 2. The summed E-state index contributed by atoms with van der Waals surface area (Å²) in [6.45, 7) is 3.71. The van der Waals surface area contributed by atoms with Crippen molar-refractivity contribution in [3.05, 3.63) is 29.8 Å². The quantitative estimate of drug-likeness (QED) is 0.640. The molecule has 0 spiro atoms. The number of nitrogens with one attached hydrogen (secondary N) is 1. The van der Waals surface area contributed by atoms with Gasteiger partial charge in [0.2, 0.25) is 0 Å². The van der Waals surface area contributed by atoms with Crippen molar-refractivity contribution >= 4 is 11.5 Å². The molecule has 0 bridgehead atoms. The van der Waals surface area contributed by atoms with Gasteiger partial charge in [0.15, 0.2) is 0 Å². The van der Waals surface area contributed by atoms with Crippen LogP contribution in [0.2, 0.25) is 0 Å². The van der Waals surface area contributed by atoms with Gasteiger partial charge in [-0.3, -0.25) is 5.41 Å². The maximum atomic E-state index is 12.8. The van der Waals surface area contributed by atoms with E-state index in [1.165, 1.54) is 0 Å². The molecule has 0 saturated carbocycles. The van der Waals surface area contributed by atoms with Gasteiger partial charge in [-0.05, 0) is 25.5 Å². The smallest absolute Gasteiger partial charge is 0.387 e. The van der Waals surface area contributed by atoms with Gasteiger partial charge in [-0.1, -0.05) is 18.2 Å². The molecule has 0 fully saturated rings. The second kappa shape index (κ2) is 5.95. The highest BCUT2D eigenvalue weighted by molar-refractivity contribution is 5.81. The monoisotopic (exact) mass is 273 g/mol. The minimum absolute atomic E-state index is 0.333. The average molecular weight is 273 g/mol. The van der Waals surface area contributed by atoms with Crippen molar-refractivity contribution in [2.45, 2.75) is 20.0 Å². The van der Waals surface area contributed by atoms with Crippen LogP contribution in [0.5, 0.6) is 0 Å². The van der Waals surface area contributed by atoms with Crippen molar-refractivity contribution in [1.82, 2.24) is 0 Å². The molecular formula is C13H18F3N3. The Labute approximate surface area is 110 Å². The third-order valence-corrected chi connectivity index (χ3v) is 3.01. The van der Waals surface area contributed by atoms with Gasteiger partial charge >= 0.3 is 6.18 Å². The molecule has 6 heteroatoms. The van der Waals surface area contributed by atoms with Gasteiger partial charge in [-0.25, -0.2) is 0 Å². The number of halogens is 3. The lowest BCUT2D eigenvalue weighted by molar-refractivity contribution is -0.153. The van der Waals surface area contributed by atoms with Crippen molar-refractivity contribution in [1.29, 1.82) is 5.41 Å². The van der Waals surface area contributed by atoms with E-state index in [9.17, 15) is 13.2 Å². The topological polar surface area (TPSA) is 53.1 Å². The highest BCUT2D eigenvalue weighted by Crippen LogP contribution is 2.29. The van der Waals surface area contributed by atoms with Crippen LogP contribution in [-0.2, 0) is 0 Å². The fraction of sp³-hybridized carbons (Fsp3) is 0.462. The molecule has 0 saturated heterocycles. The van der Waals surface area contributed by atoms with Crippen molar-refractivity contribution in [2.24, 2.45) is 11.7 Å². The van der Waals surface area contributed by atoms with Gasteiger partial charge in [0.25, 0.3) is 0 Å². The fourth-order valence-corrected chi connectivity index (χ4v) is 1.91. The van der Waals surface area contributed by atoms with Crippen LogP contribution in [0.4, 0.5) is 18.9 Å². The van der Waals surface area contributed by atoms with Gasteiger partial charge in [-0.2, -0.15) is 13.2 Å². The van der Waals surface area contributed by atoms with E-state index in [-0.39, 0.29) is 6.54 Å². The van der Waals surface area contributed by atoms with E-state index < -0.39 is 17.9 Å². The first kappa shape index (κ1) is 15.3. The van der Waals surface area contributed by atoms with Gasteiger partial charge in [0.1, 0.15) is 11.8 Å². The van der Waals surface area contributed by atoms with Crippen molar-refractivity contribution in [3.63, 3.8) is 0 Å². The molecule has 1 aromatic rings. The molecule has 106 valence electrons. The predicted octanol–water partition coefficient (Wildman–Crippen LogP) is 2.94. The third-order valence-electron chi connectivity index (χ3n) is 3.01. The van der Waals surface area contributed by atoms with E-state index in [0.717, 1.165) is 11.3 Å². The lowest BCUT2D eigenvalue weighted by Crippen LogP contribution is -2.44. The van der Waals surface area contributed by atoms with Crippen molar-refractivity contribution in [3.8, 4) is 0 Å². The van der Waals surface area contributed by atoms with Gasteiger partial charge in [-0.15, -0.1) is 0 Å². The Morgan fingerprint density at radius 3 is 2.37 bits per heavy atom. The summed E-state index contributed by atoms with van der Waals surface area (Å²) in [6.07, 6.45) is -4.50. The van der Waals surface area contributed by atoms with Crippen molar-refractivity contribution < 1.29 is 13.2 Å². The first-order chi connectivity index (χ1) is 8.77. The summed E-state index contributed by atoms with van der Waals surface area (Å²) in [4.78, 5) is 1.59. The van der Waals surface area contributed by atoms with Crippen molar-refractivity contribution in [2.75, 3.05) is 18.0 Å². The second-order valence-corrected chi connectivity index (χ2v) is 4.37. The van der Waals surface area contributed by atoms with Gasteiger partial charge in [0.05, 0.1) is 0 Å². The molecule has 19 heavy (non-hydrogen) atoms. The molecule has 1 rings (SSSR count). The molecule has 0 aliphatic rings. The molecule has 0 radical (unpaired) electrons. The number of amidine groups is 1. The number of hydrogen-bond acceptors (Lipinski definition) is 2. The van der Waals surface area contributed by atoms with Crippen LogP contribution >= 0.6 is 0 Å². The zero-order valence-corrected chi connectivity index (χ0v) is 11.0. The second-order valence-electron chi connectivity index (χ2n) is 4.37. The lowest BCUT2D eigenvalue weighted by Gasteiger charge is -2.30. The number of alkyl halides is 3. The zero-order valence-electron chi connectivity index (χ0n) is 11.0. The Morgan fingerprint density at radius 1 is 1.37 bits per heavy atom. The van der Waals surface area contributed by atoms with E-state index in [2.05, 4.69) is 0 Å². The summed E-state index contributed by atoms with van der Waals surface area (Å²) in [5.74, 6) is -2.79. The van der Waals surface area contributed by atoms with Gasteiger partial charge in [0, 0.05) is 18.8 Å². The van der Waals surface area contributed by atoms with Gasteiger partial charge < -0.3 is 10.6 Å². The lowest BCUT2D eigenvalue weighted by atomic mass is 10.1. The maximum absolute atomic E-state index is 12.8. The SMILES string of the molecule is CCN(CC(C(=N)N)C(F)(F)F)c1ccccc1C. The largest absolute Gasteiger partial charge is 0.400 e. The normalized spacial score (nSPS) is 13.1. The van der Waals surface area contributed by atoms with E-state index >= 15 is 0 Å². The summed E-state index contributed by atoms with van der Waals surface area (Å²) in [5, 5.41) is 7.12. The fourth-order valence-electron chi connectivity index (χ4n) is 1.91. The molecule has 0 heterocycles. The molecule has 0 aromatic heterocycles. The Balaban J connectivity index is 2.99. The number of para-hydroxylation sites is 1. The minimum Gasteiger partial charge on any atom is -0.387 e. The third kappa shape index (κ3) is 3.87. The van der Waals surface area contributed by atoms with Crippen LogP contribution in [0.25, 0.3) is 0 Å². The first-order valence-corrected chi connectivity index (χ1v) is 5.98. The number of benzene rings is 1. The Morgan fingerprint density at radius 2 is 1.95 bits per heavy atom. The number of nitrogens with two attached hydrogens (primary N) is 1. The van der Waals surface area contributed by atoms with Crippen LogP contribution in [0.1, 0.15) is 12.5 Å². The standard InChI is InChI=1S/C13H18F3N3/c1-3-19(11-7-5-4-6-9(11)2)8-10(12(17)18)13(14,15)16/h4-7,10H,3,8H2,1-2H3,(H3,17,18). The Hall–Kier alpha value is -1.72. The molecular weight excluding hydrogens is 255 g/mol. The number of nitrogens with zero attached hydrogens (tertiary/aromatic N) is 1. The van der Waals surface area contributed by atoms with Crippen LogP contribution < -0.4 is 10.6 Å². The maximum Gasteiger partial charge on any atom is 0.400 e. The number of anilines is 1. The molecule has 1 unspecified atom stereocenters. The molecule has 0 amide bonds. The number of rotatable bonds is 5. The minimum atomic E-state index is -4.50. The highest BCUT2D eigenvalue weighted by atomic mass is 19.4.